The average Bonchev–Trinajstić information content (AvgIpc) is 2.03. The third kappa shape index (κ3) is 4.10. The molecule has 0 fully saturated rings. The molecule has 0 aliphatic heterocycles. The summed E-state index contributed by atoms with van der Waals surface area (Å²) in [5.74, 6) is 5.12. The van der Waals surface area contributed by atoms with Gasteiger partial charge in [0.25, 0.3) is 0 Å². The molecule has 5 N–H and O–H groups in total. The summed E-state index contributed by atoms with van der Waals surface area (Å²) in [4.78, 5) is 0. The summed E-state index contributed by atoms with van der Waals surface area (Å²) in [5, 5.41) is 2.00. The van der Waals surface area contributed by atoms with Gasteiger partial charge < -0.3 is 0 Å². The smallest absolute Gasteiger partial charge is 0.213 e. The van der Waals surface area contributed by atoms with E-state index in [9.17, 15) is 0 Å². The van der Waals surface area contributed by atoms with Crippen LogP contribution < -0.4 is 22.1 Å². The van der Waals surface area contributed by atoms with Gasteiger partial charge in [-0.3, -0.25) is 5.43 Å². The summed E-state index contributed by atoms with van der Waals surface area (Å²) in [6, 6.07) is 0. The maximum absolute atomic E-state index is 5.12. The number of nitrogens with two attached hydrogens (primary N) is 1. The van der Waals surface area contributed by atoms with Gasteiger partial charge in [0.2, 0.25) is 5.11 Å². The largest absolute Gasteiger partial charge is 0.299 e. The second-order valence-electron chi connectivity index (χ2n) is 1.81. The van der Waals surface area contributed by atoms with E-state index in [0.29, 0.717) is 5.11 Å². The van der Waals surface area contributed by atoms with Gasteiger partial charge in [0.15, 0.2) is 0 Å². The Bertz CT molecular complexity index is 111. The van der Waals surface area contributed by atoms with Crippen LogP contribution in [0.1, 0.15) is 13.8 Å². The van der Waals surface area contributed by atoms with Crippen molar-refractivity contribution in [1.82, 2.24) is 21.4 Å². The molecule has 0 radical (unpaired) electrons. The number of rotatable bonds is 4. The van der Waals surface area contributed by atoms with Crippen LogP contribution in [0.2, 0.25) is 0 Å². The van der Waals surface area contributed by atoms with Crippen molar-refractivity contribution >= 4 is 17.3 Å². The molecule has 0 aromatic rings. The first-order valence-electron chi connectivity index (χ1n) is 3.53. The zero-order valence-electron chi connectivity index (χ0n) is 6.85. The molecule has 0 unspecified atom stereocenters. The summed E-state index contributed by atoms with van der Waals surface area (Å²) >= 11 is 4.87. The number of hydrogen-bond donors (Lipinski definition) is 4. The molecule has 5 nitrogen and oxygen atoms in total. The molecular formula is C5H15N5S. The van der Waals surface area contributed by atoms with Crippen LogP contribution in [0.4, 0.5) is 0 Å². The Morgan fingerprint density at radius 3 is 2.09 bits per heavy atom. The third-order valence-electron chi connectivity index (χ3n) is 0.959. The molecule has 0 rings (SSSR count). The molecule has 66 valence electrons. The average molecular weight is 177 g/mol. The Morgan fingerprint density at radius 1 is 1.36 bits per heavy atom. The fraction of sp³-hybridized carbons (Fsp3) is 0.800. The van der Waals surface area contributed by atoms with Crippen molar-refractivity contribution in [3.8, 4) is 0 Å². The van der Waals surface area contributed by atoms with E-state index in [0.717, 1.165) is 13.1 Å². The van der Waals surface area contributed by atoms with Crippen molar-refractivity contribution in [2.45, 2.75) is 13.8 Å². The predicted molar refractivity (Wildman–Crippen MR) is 49.1 cm³/mol. The molecule has 0 aromatic heterocycles. The molecule has 0 aliphatic carbocycles. The Morgan fingerprint density at radius 2 is 1.82 bits per heavy atom. The van der Waals surface area contributed by atoms with E-state index in [1.807, 2.05) is 13.8 Å². The van der Waals surface area contributed by atoms with Gasteiger partial charge in [0, 0.05) is 13.1 Å². The van der Waals surface area contributed by atoms with Crippen LogP contribution in [-0.2, 0) is 0 Å². The highest BCUT2D eigenvalue weighted by Gasteiger charge is 2.03. The lowest BCUT2D eigenvalue weighted by Crippen LogP contribution is -2.56. The summed E-state index contributed by atoms with van der Waals surface area (Å²) < 4.78 is 0. The Kier molecular flexibility index (Phi) is 6.05. The highest BCUT2D eigenvalue weighted by molar-refractivity contribution is 7.80. The van der Waals surface area contributed by atoms with Crippen molar-refractivity contribution in [1.29, 1.82) is 0 Å². The highest BCUT2D eigenvalue weighted by atomic mass is 32.1. The van der Waals surface area contributed by atoms with Crippen molar-refractivity contribution < 1.29 is 0 Å². The molecule has 0 amide bonds. The lowest BCUT2D eigenvalue weighted by molar-refractivity contribution is 0.228. The minimum absolute atomic E-state index is 0.425. The van der Waals surface area contributed by atoms with E-state index in [-0.39, 0.29) is 0 Å². The number of nitrogens with one attached hydrogen (secondary N) is 3. The van der Waals surface area contributed by atoms with Gasteiger partial charge in [0.05, 0.1) is 0 Å². The molecular weight excluding hydrogens is 162 g/mol. The second-order valence-corrected chi connectivity index (χ2v) is 2.19. The minimum Gasteiger partial charge on any atom is -0.299 e. The minimum atomic E-state index is 0.425. The topological polar surface area (TPSA) is 65.3 Å². The Hall–Kier alpha value is -0.430. The lowest BCUT2D eigenvalue weighted by atomic mass is 10.8. The first kappa shape index (κ1) is 10.6. The maximum Gasteiger partial charge on any atom is 0.213 e. The molecule has 0 bridgehead atoms. The van der Waals surface area contributed by atoms with E-state index >= 15 is 0 Å². The van der Waals surface area contributed by atoms with Gasteiger partial charge in [-0.15, -0.1) is 0 Å². The number of thiocarbonyl (C=S) groups is 1. The zero-order chi connectivity index (χ0) is 8.69. The predicted octanol–water partition coefficient (Wildman–Crippen LogP) is -0.914. The number of hydrazine groups is 3. The zero-order valence-corrected chi connectivity index (χ0v) is 7.66. The Balaban J connectivity index is 3.76. The van der Waals surface area contributed by atoms with E-state index in [4.69, 9.17) is 18.1 Å². The summed E-state index contributed by atoms with van der Waals surface area (Å²) in [6.07, 6.45) is 0. The van der Waals surface area contributed by atoms with Gasteiger partial charge in [0.1, 0.15) is 0 Å². The Labute approximate surface area is 72.2 Å². The monoisotopic (exact) mass is 177 g/mol. The van der Waals surface area contributed by atoms with Crippen molar-refractivity contribution in [2.24, 2.45) is 5.84 Å². The highest BCUT2D eigenvalue weighted by Crippen LogP contribution is 1.76. The number of hydrogen-bond acceptors (Lipinski definition) is 4. The standard InChI is InChI=1S/C5H15N5S/c1-3-7-10(8-4-2)5(11)9-6/h7-8H,3-4,6H2,1-2H3,(H,9,11). The maximum atomic E-state index is 5.12. The SMILES string of the molecule is CCNN(NCC)C(=S)NN. The van der Waals surface area contributed by atoms with E-state index in [2.05, 4.69) is 16.3 Å². The normalized spacial score (nSPS) is 9.36. The fourth-order valence-electron chi connectivity index (χ4n) is 0.580. The van der Waals surface area contributed by atoms with Crippen LogP contribution in [0, 0.1) is 0 Å². The fourth-order valence-corrected chi connectivity index (χ4v) is 0.709. The van der Waals surface area contributed by atoms with Crippen LogP contribution in [0.15, 0.2) is 0 Å². The third-order valence-corrected chi connectivity index (χ3v) is 1.26. The summed E-state index contributed by atoms with van der Waals surface area (Å²) in [6.45, 7) is 5.52. The quantitative estimate of drug-likeness (QED) is 0.253. The number of nitrogens with zero attached hydrogens (tertiary/aromatic N) is 1. The van der Waals surface area contributed by atoms with E-state index in [1.54, 1.807) is 5.12 Å². The van der Waals surface area contributed by atoms with Crippen LogP contribution in [0.25, 0.3) is 0 Å². The van der Waals surface area contributed by atoms with Crippen LogP contribution in [0.5, 0.6) is 0 Å². The summed E-state index contributed by atoms with van der Waals surface area (Å²) in [7, 11) is 0. The van der Waals surface area contributed by atoms with Crippen molar-refractivity contribution in [3.63, 3.8) is 0 Å². The molecule has 11 heavy (non-hydrogen) atoms. The summed E-state index contributed by atoms with van der Waals surface area (Å²) in [5.41, 5.74) is 8.31. The van der Waals surface area contributed by atoms with Crippen LogP contribution in [0.3, 0.4) is 0 Å². The molecule has 0 aromatic carbocycles. The molecule has 0 spiro atoms. The molecule has 0 aliphatic rings. The first-order chi connectivity index (χ1) is 5.26. The first-order valence-corrected chi connectivity index (χ1v) is 3.94. The molecule has 0 saturated heterocycles. The van der Waals surface area contributed by atoms with Crippen molar-refractivity contribution in [3.05, 3.63) is 0 Å². The van der Waals surface area contributed by atoms with Crippen LogP contribution >= 0.6 is 12.2 Å². The second kappa shape index (κ2) is 6.29. The van der Waals surface area contributed by atoms with Crippen molar-refractivity contribution in [2.75, 3.05) is 13.1 Å². The van der Waals surface area contributed by atoms with Gasteiger partial charge in [-0.05, 0) is 12.2 Å². The van der Waals surface area contributed by atoms with Gasteiger partial charge in [-0.1, -0.05) is 13.8 Å². The molecule has 0 atom stereocenters. The molecule has 6 heteroatoms. The van der Waals surface area contributed by atoms with E-state index in [1.165, 1.54) is 0 Å². The molecule has 0 saturated carbocycles. The van der Waals surface area contributed by atoms with Gasteiger partial charge >= 0.3 is 0 Å². The van der Waals surface area contributed by atoms with E-state index < -0.39 is 0 Å². The van der Waals surface area contributed by atoms with Crippen LogP contribution in [-0.4, -0.2) is 23.3 Å². The lowest BCUT2D eigenvalue weighted by Gasteiger charge is -2.24. The van der Waals surface area contributed by atoms with Gasteiger partial charge in [-0.25, -0.2) is 21.8 Å². The van der Waals surface area contributed by atoms with Gasteiger partial charge in [-0.2, -0.15) is 0 Å². The molecule has 0 heterocycles.